The lowest BCUT2D eigenvalue weighted by atomic mass is 10.0. The van der Waals surface area contributed by atoms with Crippen molar-refractivity contribution in [3.63, 3.8) is 0 Å². The molecule has 71 heavy (non-hydrogen) atoms. The standard InChI is InChI=1S/C65H116O6/c1-4-7-10-13-16-19-22-25-28-29-30-31-32-33-34-35-38-40-43-46-49-52-55-58-64(67)70-61-62(71-65(68)59-56-53-50-47-44-41-37-27-24-21-18-15-12-9-6-3)60-69-63(66)57-54-51-48-45-42-39-36-26-23-20-17-14-11-8-5-2/h9,12,17-18,20-21,26-27,36-37,62H,4-8,10-11,13-16,19,22-25,28-35,38-61H2,1-3H3/b12-9-,20-17-,21-18-,36-26-,37-27-. The van der Waals surface area contributed by atoms with Crippen LogP contribution < -0.4 is 0 Å². The average Bonchev–Trinajstić information content (AvgIpc) is 3.37. The van der Waals surface area contributed by atoms with E-state index in [2.05, 4.69) is 81.5 Å². The summed E-state index contributed by atoms with van der Waals surface area (Å²) in [5.74, 6) is -0.900. The van der Waals surface area contributed by atoms with Gasteiger partial charge in [-0.1, -0.05) is 274 Å². The van der Waals surface area contributed by atoms with Crippen LogP contribution in [0.4, 0.5) is 0 Å². The molecule has 0 aromatic carbocycles. The predicted molar refractivity (Wildman–Crippen MR) is 307 cm³/mol. The van der Waals surface area contributed by atoms with Gasteiger partial charge in [0.25, 0.3) is 0 Å². The normalized spacial score (nSPS) is 12.4. The van der Waals surface area contributed by atoms with Crippen LogP contribution in [0.15, 0.2) is 60.8 Å². The smallest absolute Gasteiger partial charge is 0.306 e. The summed E-state index contributed by atoms with van der Waals surface area (Å²) in [4.78, 5) is 38.2. The van der Waals surface area contributed by atoms with Gasteiger partial charge in [0.2, 0.25) is 0 Å². The van der Waals surface area contributed by atoms with Crippen molar-refractivity contribution in [2.75, 3.05) is 13.2 Å². The molecule has 0 rings (SSSR count). The van der Waals surface area contributed by atoms with Gasteiger partial charge < -0.3 is 14.2 Å². The molecule has 6 heteroatoms. The maximum absolute atomic E-state index is 12.9. The molecule has 0 amide bonds. The van der Waals surface area contributed by atoms with Gasteiger partial charge in [0.05, 0.1) is 0 Å². The van der Waals surface area contributed by atoms with Gasteiger partial charge in [-0.3, -0.25) is 14.4 Å². The summed E-state index contributed by atoms with van der Waals surface area (Å²) >= 11 is 0. The van der Waals surface area contributed by atoms with E-state index < -0.39 is 6.10 Å². The largest absolute Gasteiger partial charge is 0.462 e. The van der Waals surface area contributed by atoms with Crippen LogP contribution in [0.5, 0.6) is 0 Å². The first kappa shape index (κ1) is 68.1. The van der Waals surface area contributed by atoms with E-state index in [-0.39, 0.29) is 31.1 Å². The molecule has 0 N–H and O–H groups in total. The Morgan fingerprint density at radius 3 is 0.887 bits per heavy atom. The molecule has 0 saturated carbocycles. The van der Waals surface area contributed by atoms with Crippen molar-refractivity contribution in [3.05, 3.63) is 60.8 Å². The third kappa shape index (κ3) is 57.9. The lowest BCUT2D eigenvalue weighted by Gasteiger charge is -2.18. The van der Waals surface area contributed by atoms with Crippen molar-refractivity contribution in [1.29, 1.82) is 0 Å². The Labute approximate surface area is 440 Å². The highest BCUT2D eigenvalue weighted by Gasteiger charge is 2.19. The molecule has 0 radical (unpaired) electrons. The van der Waals surface area contributed by atoms with Crippen LogP contribution in [0.3, 0.4) is 0 Å². The SMILES string of the molecule is CC/C=C\C/C=C\C/C=C\CCCCCCCC(=O)OC(COC(=O)CCCCCCC/C=C\C/C=C\CCCCC)COC(=O)CCCCCCCCCCCCCCCCCCCCCCCCC. The topological polar surface area (TPSA) is 78.9 Å². The molecule has 0 aromatic rings. The van der Waals surface area contributed by atoms with Crippen LogP contribution in [0, 0.1) is 0 Å². The third-order valence-corrected chi connectivity index (χ3v) is 13.5. The molecule has 0 bridgehead atoms. The highest BCUT2D eigenvalue weighted by molar-refractivity contribution is 5.71. The Kier molecular flexibility index (Phi) is 57.2. The summed E-state index contributed by atoms with van der Waals surface area (Å²) in [6, 6.07) is 0. The second kappa shape index (κ2) is 59.7. The van der Waals surface area contributed by atoms with Gasteiger partial charge in [0, 0.05) is 19.3 Å². The van der Waals surface area contributed by atoms with Gasteiger partial charge in [-0.05, 0) is 83.5 Å². The summed E-state index contributed by atoms with van der Waals surface area (Å²) in [6.45, 7) is 6.52. The summed E-state index contributed by atoms with van der Waals surface area (Å²) in [5.41, 5.74) is 0. The van der Waals surface area contributed by atoms with E-state index in [0.717, 1.165) is 116 Å². The fourth-order valence-electron chi connectivity index (χ4n) is 8.90. The van der Waals surface area contributed by atoms with Crippen molar-refractivity contribution in [2.45, 2.75) is 322 Å². The molecule has 0 spiro atoms. The number of ether oxygens (including phenoxy) is 3. The summed E-state index contributed by atoms with van der Waals surface area (Å²) in [6.07, 6.45) is 75.1. The maximum atomic E-state index is 12.9. The minimum Gasteiger partial charge on any atom is -0.462 e. The van der Waals surface area contributed by atoms with Gasteiger partial charge >= 0.3 is 17.9 Å². The number of unbranched alkanes of at least 4 members (excludes halogenated alkanes) is 35. The lowest BCUT2D eigenvalue weighted by Crippen LogP contribution is -2.30. The molecule has 0 aliphatic heterocycles. The van der Waals surface area contributed by atoms with Crippen molar-refractivity contribution < 1.29 is 28.6 Å². The average molecular weight is 994 g/mol. The quantitative estimate of drug-likeness (QED) is 0.0261. The zero-order chi connectivity index (χ0) is 51.4. The molecule has 0 heterocycles. The number of rotatable bonds is 56. The van der Waals surface area contributed by atoms with E-state index in [4.69, 9.17) is 14.2 Å². The molecule has 6 nitrogen and oxygen atoms in total. The lowest BCUT2D eigenvalue weighted by molar-refractivity contribution is -0.167. The zero-order valence-corrected chi connectivity index (χ0v) is 47.2. The van der Waals surface area contributed by atoms with Crippen LogP contribution in [-0.2, 0) is 28.6 Å². The molecule has 412 valence electrons. The van der Waals surface area contributed by atoms with Crippen molar-refractivity contribution in [2.24, 2.45) is 0 Å². The maximum Gasteiger partial charge on any atom is 0.306 e. The van der Waals surface area contributed by atoms with Crippen molar-refractivity contribution in [1.82, 2.24) is 0 Å². The molecule has 1 atom stereocenters. The number of carbonyl (C=O) groups excluding carboxylic acids is 3. The molecular formula is C65H116O6. The first-order valence-corrected chi connectivity index (χ1v) is 30.8. The minimum atomic E-state index is -0.788. The van der Waals surface area contributed by atoms with Crippen LogP contribution in [0.25, 0.3) is 0 Å². The van der Waals surface area contributed by atoms with Gasteiger partial charge in [-0.15, -0.1) is 0 Å². The van der Waals surface area contributed by atoms with Crippen molar-refractivity contribution >= 4 is 17.9 Å². The summed E-state index contributed by atoms with van der Waals surface area (Å²) < 4.78 is 16.9. The highest BCUT2D eigenvalue weighted by atomic mass is 16.6. The Hall–Kier alpha value is -2.89. The first-order valence-electron chi connectivity index (χ1n) is 30.8. The number of allylic oxidation sites excluding steroid dienone is 10. The van der Waals surface area contributed by atoms with Crippen LogP contribution in [0.2, 0.25) is 0 Å². The fraction of sp³-hybridized carbons (Fsp3) is 0.800. The van der Waals surface area contributed by atoms with E-state index in [1.165, 1.54) is 161 Å². The molecule has 0 aromatic heterocycles. The second-order valence-electron chi connectivity index (χ2n) is 20.6. The van der Waals surface area contributed by atoms with Gasteiger partial charge in [0.1, 0.15) is 13.2 Å². The molecular weight excluding hydrogens is 877 g/mol. The number of hydrogen-bond donors (Lipinski definition) is 0. The monoisotopic (exact) mass is 993 g/mol. The zero-order valence-electron chi connectivity index (χ0n) is 47.2. The molecule has 0 saturated heterocycles. The first-order chi connectivity index (χ1) is 35.0. The van der Waals surface area contributed by atoms with E-state index in [1.54, 1.807) is 0 Å². The van der Waals surface area contributed by atoms with E-state index in [9.17, 15) is 14.4 Å². The van der Waals surface area contributed by atoms with E-state index in [1.807, 2.05) is 0 Å². The Morgan fingerprint density at radius 1 is 0.296 bits per heavy atom. The minimum absolute atomic E-state index is 0.0832. The molecule has 0 fully saturated rings. The Bertz CT molecular complexity index is 1280. The highest BCUT2D eigenvalue weighted by Crippen LogP contribution is 2.17. The van der Waals surface area contributed by atoms with Gasteiger partial charge in [-0.25, -0.2) is 0 Å². The fourth-order valence-corrected chi connectivity index (χ4v) is 8.90. The van der Waals surface area contributed by atoms with Crippen LogP contribution in [-0.4, -0.2) is 37.2 Å². The Balaban J connectivity index is 4.31. The summed E-state index contributed by atoms with van der Waals surface area (Å²) in [5, 5.41) is 0. The van der Waals surface area contributed by atoms with Gasteiger partial charge in [-0.2, -0.15) is 0 Å². The van der Waals surface area contributed by atoms with Crippen LogP contribution in [0.1, 0.15) is 316 Å². The molecule has 1 unspecified atom stereocenters. The third-order valence-electron chi connectivity index (χ3n) is 13.5. The van der Waals surface area contributed by atoms with E-state index in [0.29, 0.717) is 19.3 Å². The summed E-state index contributed by atoms with van der Waals surface area (Å²) in [7, 11) is 0. The van der Waals surface area contributed by atoms with Crippen LogP contribution >= 0.6 is 0 Å². The predicted octanol–water partition coefficient (Wildman–Crippen LogP) is 20.8. The number of hydrogen-bond acceptors (Lipinski definition) is 6. The molecule has 0 aliphatic rings. The van der Waals surface area contributed by atoms with Crippen molar-refractivity contribution in [3.8, 4) is 0 Å². The number of esters is 3. The second-order valence-corrected chi connectivity index (χ2v) is 20.6. The van der Waals surface area contributed by atoms with E-state index >= 15 is 0 Å². The van der Waals surface area contributed by atoms with Gasteiger partial charge in [0.15, 0.2) is 6.10 Å². The molecule has 0 aliphatic carbocycles. The number of carbonyl (C=O) groups is 3. The Morgan fingerprint density at radius 2 is 0.549 bits per heavy atom.